The van der Waals surface area contributed by atoms with Crippen molar-refractivity contribution in [1.29, 1.82) is 0 Å². The van der Waals surface area contributed by atoms with Crippen LogP contribution in [0, 0.1) is 6.92 Å². The zero-order valence-electron chi connectivity index (χ0n) is 10.7. The van der Waals surface area contributed by atoms with Gasteiger partial charge in [-0.1, -0.05) is 11.8 Å². The van der Waals surface area contributed by atoms with E-state index in [0.29, 0.717) is 23.7 Å². The largest absolute Gasteiger partial charge is 0.480 e. The Morgan fingerprint density at radius 3 is 3.05 bits per heavy atom. The second-order valence-corrected chi connectivity index (χ2v) is 6.28. The molecule has 1 aromatic heterocycles. The number of aliphatic carboxylic acids is 1. The average molecular weight is 283 g/mol. The number of carbonyl (C=O) groups is 1. The molecule has 6 nitrogen and oxygen atoms in total. The molecular weight excluding hydrogens is 266 g/mol. The number of nitrogens with two attached hydrogens (primary N) is 1. The molecule has 2 unspecified atom stereocenters. The summed E-state index contributed by atoms with van der Waals surface area (Å²) in [6, 6.07) is 1.43. The molecule has 2 atom stereocenters. The van der Waals surface area contributed by atoms with E-state index in [9.17, 15) is 9.59 Å². The minimum absolute atomic E-state index is 0.0693. The summed E-state index contributed by atoms with van der Waals surface area (Å²) in [4.78, 5) is 29.4. The number of nitrogens with zero attached hydrogens (tertiary/aromatic N) is 1. The molecule has 19 heavy (non-hydrogen) atoms. The average Bonchev–Trinajstić information content (AvgIpc) is 2.27. The molecule has 7 heteroatoms. The summed E-state index contributed by atoms with van der Waals surface area (Å²) in [5, 5.41) is 9.76. The van der Waals surface area contributed by atoms with Crippen LogP contribution in [0.1, 0.15) is 31.4 Å². The molecule has 0 saturated heterocycles. The van der Waals surface area contributed by atoms with E-state index in [2.05, 4.69) is 9.97 Å². The maximum Gasteiger partial charge on any atom is 0.323 e. The zero-order chi connectivity index (χ0) is 14.0. The van der Waals surface area contributed by atoms with Gasteiger partial charge in [-0.2, -0.15) is 0 Å². The van der Waals surface area contributed by atoms with E-state index in [1.54, 1.807) is 6.92 Å². The first-order valence-corrected chi connectivity index (χ1v) is 7.04. The topological polar surface area (TPSA) is 109 Å². The lowest BCUT2D eigenvalue weighted by Gasteiger charge is -2.33. The molecule has 1 heterocycles. The molecule has 1 saturated carbocycles. The Labute approximate surface area is 114 Å². The number of aromatic nitrogens is 2. The highest BCUT2D eigenvalue weighted by Crippen LogP contribution is 2.35. The summed E-state index contributed by atoms with van der Waals surface area (Å²) in [7, 11) is 0. The van der Waals surface area contributed by atoms with Crippen molar-refractivity contribution in [2.24, 2.45) is 5.73 Å². The zero-order valence-corrected chi connectivity index (χ0v) is 11.5. The first-order valence-electron chi connectivity index (χ1n) is 6.16. The van der Waals surface area contributed by atoms with Crippen LogP contribution in [0.5, 0.6) is 0 Å². The number of thioether (sulfide) groups is 1. The minimum Gasteiger partial charge on any atom is -0.480 e. The third-order valence-electron chi connectivity index (χ3n) is 3.29. The molecule has 1 aliphatic carbocycles. The fourth-order valence-corrected chi connectivity index (χ4v) is 3.65. The van der Waals surface area contributed by atoms with Gasteiger partial charge in [-0.05, 0) is 32.6 Å². The molecule has 0 amide bonds. The smallest absolute Gasteiger partial charge is 0.323 e. The molecule has 1 aliphatic rings. The Morgan fingerprint density at radius 2 is 2.42 bits per heavy atom. The Kier molecular flexibility index (Phi) is 3.96. The van der Waals surface area contributed by atoms with Gasteiger partial charge in [0.15, 0.2) is 5.16 Å². The quantitative estimate of drug-likeness (QED) is 0.711. The van der Waals surface area contributed by atoms with E-state index in [0.717, 1.165) is 12.8 Å². The van der Waals surface area contributed by atoms with Crippen LogP contribution in [0.3, 0.4) is 0 Å². The number of nitrogens with one attached hydrogen (secondary N) is 1. The molecule has 0 bridgehead atoms. The monoisotopic (exact) mass is 283 g/mol. The summed E-state index contributed by atoms with van der Waals surface area (Å²) in [5.41, 5.74) is 5.21. The van der Waals surface area contributed by atoms with E-state index in [1.165, 1.54) is 17.8 Å². The standard InChI is InChI=1S/C12H17N3O3S/c1-7-5-9(16)15-11(14-7)19-8-3-2-4-12(13,6-8)10(17)18/h5,8H,2-4,6,13H2,1H3,(H,17,18)(H,14,15,16). The van der Waals surface area contributed by atoms with E-state index in [-0.39, 0.29) is 10.8 Å². The Morgan fingerprint density at radius 1 is 1.68 bits per heavy atom. The molecule has 0 spiro atoms. The van der Waals surface area contributed by atoms with Gasteiger partial charge in [0.05, 0.1) is 0 Å². The summed E-state index contributed by atoms with van der Waals surface area (Å²) in [6.07, 6.45) is 2.55. The number of rotatable bonds is 3. The first-order chi connectivity index (χ1) is 8.89. The van der Waals surface area contributed by atoms with Gasteiger partial charge in [0.2, 0.25) is 0 Å². The maximum absolute atomic E-state index is 11.4. The summed E-state index contributed by atoms with van der Waals surface area (Å²) >= 11 is 1.40. The molecule has 0 aromatic carbocycles. The molecule has 104 valence electrons. The Balaban J connectivity index is 2.11. The highest BCUT2D eigenvalue weighted by molar-refractivity contribution is 7.99. The van der Waals surface area contributed by atoms with Crippen LogP contribution in [0.25, 0.3) is 0 Å². The molecule has 1 fully saturated rings. The molecule has 4 N–H and O–H groups in total. The molecule has 0 radical (unpaired) electrons. The van der Waals surface area contributed by atoms with E-state index >= 15 is 0 Å². The van der Waals surface area contributed by atoms with Crippen molar-refractivity contribution in [2.75, 3.05) is 0 Å². The number of hydrogen-bond donors (Lipinski definition) is 3. The Bertz CT molecular complexity index is 545. The highest BCUT2D eigenvalue weighted by Gasteiger charge is 2.39. The van der Waals surface area contributed by atoms with Crippen LogP contribution in [-0.2, 0) is 4.79 Å². The van der Waals surface area contributed by atoms with Crippen molar-refractivity contribution in [2.45, 2.75) is 48.6 Å². The van der Waals surface area contributed by atoms with Gasteiger partial charge in [-0.25, -0.2) is 4.98 Å². The highest BCUT2D eigenvalue weighted by atomic mass is 32.2. The third kappa shape index (κ3) is 3.36. The normalized spacial score (nSPS) is 27.2. The van der Waals surface area contributed by atoms with Crippen LogP contribution in [-0.4, -0.2) is 31.8 Å². The maximum atomic E-state index is 11.4. The number of H-pyrrole nitrogens is 1. The molecule has 2 rings (SSSR count). The third-order valence-corrected chi connectivity index (χ3v) is 4.45. The van der Waals surface area contributed by atoms with Crippen molar-refractivity contribution in [1.82, 2.24) is 9.97 Å². The van der Waals surface area contributed by atoms with Crippen molar-refractivity contribution in [3.63, 3.8) is 0 Å². The van der Waals surface area contributed by atoms with E-state index < -0.39 is 11.5 Å². The molecular formula is C12H17N3O3S. The van der Waals surface area contributed by atoms with Gasteiger partial charge in [0.1, 0.15) is 5.54 Å². The summed E-state index contributed by atoms with van der Waals surface area (Å²) in [5.74, 6) is -0.955. The predicted octanol–water partition coefficient (Wildman–Crippen LogP) is 0.895. The fraction of sp³-hybridized carbons (Fsp3) is 0.583. The Hall–Kier alpha value is -1.34. The second kappa shape index (κ2) is 5.34. The van der Waals surface area contributed by atoms with E-state index in [1.807, 2.05) is 0 Å². The van der Waals surface area contributed by atoms with Gasteiger partial charge in [-0.15, -0.1) is 0 Å². The number of carboxylic acids is 1. The lowest BCUT2D eigenvalue weighted by atomic mass is 9.82. The second-order valence-electron chi connectivity index (χ2n) is 4.99. The predicted molar refractivity (Wildman–Crippen MR) is 72.3 cm³/mol. The number of aryl methyl sites for hydroxylation is 1. The van der Waals surface area contributed by atoms with Gasteiger partial charge in [-0.3, -0.25) is 9.59 Å². The molecule has 0 aliphatic heterocycles. The van der Waals surface area contributed by atoms with Crippen LogP contribution in [0.2, 0.25) is 0 Å². The lowest BCUT2D eigenvalue weighted by molar-refractivity contribution is -0.144. The van der Waals surface area contributed by atoms with Crippen LogP contribution in [0.4, 0.5) is 0 Å². The van der Waals surface area contributed by atoms with Crippen molar-refractivity contribution in [3.8, 4) is 0 Å². The van der Waals surface area contributed by atoms with Crippen LogP contribution < -0.4 is 11.3 Å². The van der Waals surface area contributed by atoms with Crippen molar-refractivity contribution >= 4 is 17.7 Å². The number of aromatic amines is 1. The molecule has 1 aromatic rings. The van der Waals surface area contributed by atoms with Gasteiger partial charge < -0.3 is 15.8 Å². The number of hydrogen-bond acceptors (Lipinski definition) is 5. The first kappa shape index (κ1) is 14.1. The SMILES string of the molecule is Cc1cc(=O)[nH]c(SC2CCCC(N)(C(=O)O)C2)n1. The number of carboxylic acid groups (broad SMARTS) is 1. The van der Waals surface area contributed by atoms with E-state index in [4.69, 9.17) is 10.8 Å². The fourth-order valence-electron chi connectivity index (χ4n) is 2.32. The summed E-state index contributed by atoms with van der Waals surface area (Å²) < 4.78 is 0. The van der Waals surface area contributed by atoms with Crippen molar-refractivity contribution < 1.29 is 9.90 Å². The van der Waals surface area contributed by atoms with Gasteiger partial charge in [0.25, 0.3) is 5.56 Å². The van der Waals surface area contributed by atoms with Crippen molar-refractivity contribution in [3.05, 3.63) is 22.1 Å². The van der Waals surface area contributed by atoms with Crippen LogP contribution >= 0.6 is 11.8 Å². The van der Waals surface area contributed by atoms with Gasteiger partial charge in [0, 0.05) is 17.0 Å². The van der Waals surface area contributed by atoms with Gasteiger partial charge >= 0.3 is 5.97 Å². The lowest BCUT2D eigenvalue weighted by Crippen LogP contribution is -2.51. The summed E-state index contributed by atoms with van der Waals surface area (Å²) in [6.45, 7) is 1.75. The van der Waals surface area contributed by atoms with Crippen LogP contribution in [0.15, 0.2) is 16.0 Å². The minimum atomic E-state index is -1.15.